The zero-order chi connectivity index (χ0) is 13.8. The minimum atomic E-state index is -1.12. The van der Waals surface area contributed by atoms with Crippen molar-refractivity contribution < 1.29 is 14.3 Å². The number of carbonyl (C=O) groups is 1. The van der Waals surface area contributed by atoms with Gasteiger partial charge in [0.2, 0.25) is 0 Å². The number of hydrogen-bond donors (Lipinski definition) is 2. The van der Waals surface area contributed by atoms with Gasteiger partial charge in [-0.3, -0.25) is 0 Å². The van der Waals surface area contributed by atoms with Gasteiger partial charge in [0.15, 0.2) is 0 Å². The number of benzene rings is 1. The highest BCUT2D eigenvalue weighted by Gasteiger charge is 2.27. The lowest BCUT2D eigenvalue weighted by atomic mass is 9.89. The first-order chi connectivity index (χ1) is 8.49. The van der Waals surface area contributed by atoms with Gasteiger partial charge in [0.05, 0.1) is 11.3 Å². The van der Waals surface area contributed by atoms with Crippen molar-refractivity contribution in [3.8, 4) is 0 Å². The van der Waals surface area contributed by atoms with Gasteiger partial charge in [-0.05, 0) is 31.4 Å². The average molecular weight is 253 g/mol. The van der Waals surface area contributed by atoms with Crippen LogP contribution in [-0.2, 0) is 0 Å². The van der Waals surface area contributed by atoms with Gasteiger partial charge >= 0.3 is 5.97 Å². The average Bonchev–Trinajstić information content (AvgIpc) is 2.37. The molecule has 0 saturated heterocycles. The minimum absolute atomic E-state index is 0.0188. The second-order valence-electron chi connectivity index (χ2n) is 4.43. The van der Waals surface area contributed by atoms with Gasteiger partial charge in [-0.15, -0.1) is 0 Å². The Morgan fingerprint density at radius 3 is 2.28 bits per heavy atom. The summed E-state index contributed by atoms with van der Waals surface area (Å²) in [7, 11) is 0. The van der Waals surface area contributed by atoms with Crippen molar-refractivity contribution in [3.05, 3.63) is 29.6 Å². The van der Waals surface area contributed by atoms with Crippen molar-refractivity contribution in [2.24, 2.45) is 0 Å². The summed E-state index contributed by atoms with van der Waals surface area (Å²) in [5, 5.41) is 12.2. The van der Waals surface area contributed by atoms with Crippen molar-refractivity contribution in [1.82, 2.24) is 0 Å². The van der Waals surface area contributed by atoms with Crippen LogP contribution in [0.2, 0.25) is 0 Å². The second-order valence-corrected chi connectivity index (χ2v) is 4.43. The van der Waals surface area contributed by atoms with E-state index in [9.17, 15) is 9.18 Å². The predicted molar refractivity (Wildman–Crippen MR) is 70.6 cm³/mol. The standard InChI is InChI=1S/C14H20FNO2/c1-4-14(5-2,6-3)16-12-10(13(17)18)8-7-9-11(12)15/h7-9,16H,4-6H2,1-3H3,(H,17,18). The monoisotopic (exact) mass is 253 g/mol. The molecule has 0 aliphatic carbocycles. The van der Waals surface area contributed by atoms with E-state index in [1.165, 1.54) is 18.2 Å². The molecule has 1 aromatic rings. The number of rotatable bonds is 6. The van der Waals surface area contributed by atoms with Crippen LogP contribution in [0, 0.1) is 5.82 Å². The third kappa shape index (κ3) is 2.81. The van der Waals surface area contributed by atoms with Crippen molar-refractivity contribution >= 4 is 11.7 Å². The molecule has 18 heavy (non-hydrogen) atoms. The highest BCUT2D eigenvalue weighted by atomic mass is 19.1. The Hall–Kier alpha value is -1.58. The minimum Gasteiger partial charge on any atom is -0.478 e. The van der Waals surface area contributed by atoms with E-state index >= 15 is 0 Å². The molecule has 0 fully saturated rings. The fourth-order valence-corrected chi connectivity index (χ4v) is 2.11. The summed E-state index contributed by atoms with van der Waals surface area (Å²) in [6.07, 6.45) is 2.44. The topological polar surface area (TPSA) is 49.3 Å². The first kappa shape index (κ1) is 14.5. The van der Waals surface area contributed by atoms with E-state index in [4.69, 9.17) is 5.11 Å². The summed E-state index contributed by atoms with van der Waals surface area (Å²) >= 11 is 0. The first-order valence-corrected chi connectivity index (χ1v) is 6.29. The lowest BCUT2D eigenvalue weighted by Gasteiger charge is -2.33. The third-order valence-electron chi connectivity index (χ3n) is 3.66. The summed E-state index contributed by atoms with van der Waals surface area (Å²) in [5.41, 5.74) is -0.183. The van der Waals surface area contributed by atoms with Crippen molar-refractivity contribution in [1.29, 1.82) is 0 Å². The molecule has 4 heteroatoms. The summed E-state index contributed by atoms with van der Waals surface area (Å²) in [6, 6.07) is 4.11. The van der Waals surface area contributed by atoms with E-state index in [0.717, 1.165) is 19.3 Å². The molecule has 0 radical (unpaired) electrons. The molecule has 3 nitrogen and oxygen atoms in total. The number of hydrogen-bond acceptors (Lipinski definition) is 2. The Balaban J connectivity index is 3.20. The lowest BCUT2D eigenvalue weighted by Crippen LogP contribution is -2.37. The van der Waals surface area contributed by atoms with E-state index in [2.05, 4.69) is 5.32 Å². The Morgan fingerprint density at radius 1 is 1.28 bits per heavy atom. The number of carboxylic acids is 1. The molecule has 0 aliphatic heterocycles. The Bertz CT molecular complexity index is 420. The predicted octanol–water partition coefficient (Wildman–Crippen LogP) is 3.90. The van der Waals surface area contributed by atoms with Crippen LogP contribution < -0.4 is 5.32 Å². The molecular formula is C14H20FNO2. The summed E-state index contributed by atoms with van der Waals surface area (Å²) in [6.45, 7) is 6.05. The summed E-state index contributed by atoms with van der Waals surface area (Å²) < 4.78 is 13.8. The fourth-order valence-electron chi connectivity index (χ4n) is 2.11. The molecule has 0 bridgehead atoms. The summed E-state index contributed by atoms with van der Waals surface area (Å²) in [5.74, 6) is -1.64. The van der Waals surface area contributed by atoms with E-state index < -0.39 is 11.8 Å². The van der Waals surface area contributed by atoms with Crippen LogP contribution in [0.1, 0.15) is 50.4 Å². The summed E-state index contributed by atoms with van der Waals surface area (Å²) in [4.78, 5) is 11.1. The molecule has 0 spiro atoms. The van der Waals surface area contributed by atoms with Gasteiger partial charge in [-0.25, -0.2) is 9.18 Å². The highest BCUT2D eigenvalue weighted by molar-refractivity contribution is 5.94. The molecular weight excluding hydrogens is 233 g/mol. The van der Waals surface area contributed by atoms with Crippen LogP contribution >= 0.6 is 0 Å². The molecule has 0 amide bonds. The number of anilines is 1. The van der Waals surface area contributed by atoms with Crippen LogP contribution in [0.15, 0.2) is 18.2 Å². The maximum Gasteiger partial charge on any atom is 0.337 e. The maximum atomic E-state index is 13.8. The molecule has 0 heterocycles. The normalized spacial score (nSPS) is 11.3. The third-order valence-corrected chi connectivity index (χ3v) is 3.66. The largest absolute Gasteiger partial charge is 0.478 e. The Labute approximate surface area is 107 Å². The van der Waals surface area contributed by atoms with Crippen LogP contribution in [0.3, 0.4) is 0 Å². The van der Waals surface area contributed by atoms with Gasteiger partial charge in [0, 0.05) is 5.54 Å². The molecule has 0 saturated carbocycles. The number of aromatic carboxylic acids is 1. The SMILES string of the molecule is CCC(CC)(CC)Nc1c(F)cccc1C(=O)O. The van der Waals surface area contributed by atoms with Crippen LogP contribution in [0.4, 0.5) is 10.1 Å². The molecule has 0 aromatic heterocycles. The molecule has 2 N–H and O–H groups in total. The van der Waals surface area contributed by atoms with E-state index in [-0.39, 0.29) is 16.8 Å². The molecule has 0 aliphatic rings. The van der Waals surface area contributed by atoms with Gasteiger partial charge in [0.1, 0.15) is 5.82 Å². The Morgan fingerprint density at radius 2 is 1.83 bits per heavy atom. The van der Waals surface area contributed by atoms with Crippen molar-refractivity contribution in [2.75, 3.05) is 5.32 Å². The van der Waals surface area contributed by atoms with E-state index in [1.54, 1.807) is 0 Å². The number of nitrogens with one attached hydrogen (secondary N) is 1. The molecule has 100 valence electrons. The first-order valence-electron chi connectivity index (χ1n) is 6.29. The number of halogens is 1. The van der Waals surface area contributed by atoms with Gasteiger partial charge in [0.25, 0.3) is 0 Å². The lowest BCUT2D eigenvalue weighted by molar-refractivity contribution is 0.0697. The van der Waals surface area contributed by atoms with E-state index in [0.29, 0.717) is 0 Å². The van der Waals surface area contributed by atoms with Crippen LogP contribution in [-0.4, -0.2) is 16.6 Å². The molecule has 0 unspecified atom stereocenters. The zero-order valence-corrected chi connectivity index (χ0v) is 11.1. The Kier molecular flexibility index (Phi) is 4.70. The van der Waals surface area contributed by atoms with Crippen LogP contribution in [0.25, 0.3) is 0 Å². The maximum absolute atomic E-state index is 13.8. The van der Waals surface area contributed by atoms with Crippen molar-refractivity contribution in [3.63, 3.8) is 0 Å². The number of para-hydroxylation sites is 1. The quantitative estimate of drug-likeness (QED) is 0.808. The van der Waals surface area contributed by atoms with Gasteiger partial charge in [-0.2, -0.15) is 0 Å². The fraction of sp³-hybridized carbons (Fsp3) is 0.500. The van der Waals surface area contributed by atoms with Crippen molar-refractivity contribution in [2.45, 2.75) is 45.6 Å². The zero-order valence-electron chi connectivity index (χ0n) is 11.1. The number of carboxylic acid groups (broad SMARTS) is 1. The van der Waals surface area contributed by atoms with E-state index in [1.807, 2.05) is 20.8 Å². The van der Waals surface area contributed by atoms with Gasteiger partial charge in [-0.1, -0.05) is 26.8 Å². The molecule has 1 aromatic carbocycles. The van der Waals surface area contributed by atoms with Crippen LogP contribution in [0.5, 0.6) is 0 Å². The molecule has 0 atom stereocenters. The van der Waals surface area contributed by atoms with Gasteiger partial charge < -0.3 is 10.4 Å². The second kappa shape index (κ2) is 5.85. The molecule has 1 rings (SSSR count). The highest BCUT2D eigenvalue weighted by Crippen LogP contribution is 2.29. The smallest absolute Gasteiger partial charge is 0.337 e.